The van der Waals surface area contributed by atoms with Gasteiger partial charge >= 0.3 is 0 Å². The average molecular weight is 218 g/mol. The molecule has 0 saturated heterocycles. The van der Waals surface area contributed by atoms with E-state index in [0.717, 1.165) is 10.9 Å². The van der Waals surface area contributed by atoms with Crippen LogP contribution in [-0.2, 0) is 4.79 Å². The molecule has 0 aliphatic carbocycles. The lowest BCUT2D eigenvalue weighted by molar-refractivity contribution is -0.118. The number of nitrogens with zero attached hydrogens (tertiary/aromatic N) is 2. The molecule has 1 aromatic heterocycles. The molecule has 0 bridgehead atoms. The Bertz CT molecular complexity index is 532. The Kier molecular flexibility index (Phi) is 2.52. The van der Waals surface area contributed by atoms with Crippen molar-refractivity contribution in [1.82, 2.24) is 9.78 Å². The Hall–Kier alpha value is -2.04. The predicted molar refractivity (Wildman–Crippen MR) is 62.7 cm³/mol. The molecule has 0 aliphatic rings. The van der Waals surface area contributed by atoms with Gasteiger partial charge in [0.1, 0.15) is 0 Å². The van der Waals surface area contributed by atoms with Gasteiger partial charge in [0.05, 0.1) is 17.8 Å². The Morgan fingerprint density at radius 2 is 2.31 bits per heavy atom. The number of anilines is 1. The summed E-state index contributed by atoms with van der Waals surface area (Å²) in [4.78, 5) is 10.9. The lowest BCUT2D eigenvalue weighted by atomic mass is 10.2. The quantitative estimate of drug-likeness (QED) is 0.755. The Morgan fingerprint density at radius 1 is 1.56 bits per heavy atom. The van der Waals surface area contributed by atoms with Gasteiger partial charge in [-0.05, 0) is 25.1 Å². The summed E-state index contributed by atoms with van der Waals surface area (Å²) >= 11 is 0. The monoisotopic (exact) mass is 218 g/mol. The van der Waals surface area contributed by atoms with Crippen LogP contribution >= 0.6 is 0 Å². The van der Waals surface area contributed by atoms with E-state index in [0.29, 0.717) is 5.69 Å². The summed E-state index contributed by atoms with van der Waals surface area (Å²) in [6.07, 6.45) is 2.03. The van der Waals surface area contributed by atoms with Crippen molar-refractivity contribution in [1.29, 1.82) is 0 Å². The van der Waals surface area contributed by atoms with Gasteiger partial charge in [0, 0.05) is 17.5 Å². The zero-order chi connectivity index (χ0) is 11.7. The number of amides is 1. The number of benzene rings is 1. The fourth-order valence-electron chi connectivity index (χ4n) is 1.78. The highest BCUT2D eigenvalue weighted by Gasteiger charge is 2.12. The van der Waals surface area contributed by atoms with Crippen molar-refractivity contribution in [2.75, 3.05) is 5.73 Å². The molecule has 0 fully saturated rings. The van der Waals surface area contributed by atoms with Crippen LogP contribution in [0.3, 0.4) is 0 Å². The minimum Gasteiger partial charge on any atom is -0.399 e. The van der Waals surface area contributed by atoms with E-state index in [9.17, 15) is 4.79 Å². The number of nitrogens with two attached hydrogens (primary N) is 2. The first-order chi connectivity index (χ1) is 7.58. The summed E-state index contributed by atoms with van der Waals surface area (Å²) < 4.78 is 1.77. The standard InChI is InChI=1S/C11H14N4O/c1-7(4-11(13)16)15-10-5-9(12)3-2-8(10)6-14-15/h2-3,5-7H,4,12H2,1H3,(H2,13,16). The van der Waals surface area contributed by atoms with Gasteiger partial charge in [0.2, 0.25) is 5.91 Å². The molecule has 1 amide bonds. The van der Waals surface area contributed by atoms with Crippen LogP contribution in [0, 0.1) is 0 Å². The minimum atomic E-state index is -0.333. The highest BCUT2D eigenvalue weighted by molar-refractivity contribution is 5.82. The van der Waals surface area contributed by atoms with Gasteiger partial charge in [-0.3, -0.25) is 9.48 Å². The van der Waals surface area contributed by atoms with Crippen molar-refractivity contribution in [3.05, 3.63) is 24.4 Å². The molecule has 1 heterocycles. The SMILES string of the molecule is CC(CC(N)=O)n1ncc2ccc(N)cc21. The summed E-state index contributed by atoms with van der Waals surface area (Å²) in [7, 11) is 0. The van der Waals surface area contributed by atoms with Crippen molar-refractivity contribution < 1.29 is 4.79 Å². The number of rotatable bonds is 3. The van der Waals surface area contributed by atoms with Gasteiger partial charge in [-0.25, -0.2) is 0 Å². The van der Waals surface area contributed by atoms with Crippen molar-refractivity contribution >= 4 is 22.5 Å². The third-order valence-corrected chi connectivity index (χ3v) is 2.54. The van der Waals surface area contributed by atoms with Gasteiger partial charge in [-0.15, -0.1) is 0 Å². The van der Waals surface area contributed by atoms with Crippen molar-refractivity contribution in [2.24, 2.45) is 5.73 Å². The number of aromatic nitrogens is 2. The van der Waals surface area contributed by atoms with Crippen molar-refractivity contribution in [3.63, 3.8) is 0 Å². The molecule has 2 rings (SSSR count). The smallest absolute Gasteiger partial charge is 0.219 e. The van der Waals surface area contributed by atoms with Crippen LogP contribution in [0.25, 0.3) is 10.9 Å². The summed E-state index contributed by atoms with van der Waals surface area (Å²) in [6, 6.07) is 5.52. The summed E-state index contributed by atoms with van der Waals surface area (Å²) in [5.41, 5.74) is 12.5. The van der Waals surface area contributed by atoms with E-state index in [1.165, 1.54) is 0 Å². The van der Waals surface area contributed by atoms with Gasteiger partial charge < -0.3 is 11.5 Å². The first-order valence-corrected chi connectivity index (χ1v) is 5.09. The number of hydrogen-bond acceptors (Lipinski definition) is 3. The molecule has 0 spiro atoms. The largest absolute Gasteiger partial charge is 0.399 e. The third kappa shape index (κ3) is 1.84. The molecule has 5 heteroatoms. The molecule has 1 atom stereocenters. The Balaban J connectivity index is 2.44. The molecule has 16 heavy (non-hydrogen) atoms. The first kappa shape index (κ1) is 10.5. The molecule has 2 aromatic rings. The minimum absolute atomic E-state index is 0.0585. The van der Waals surface area contributed by atoms with Crippen LogP contribution in [0.1, 0.15) is 19.4 Å². The number of fused-ring (bicyclic) bond motifs is 1. The number of carbonyl (C=O) groups excluding carboxylic acids is 1. The van der Waals surface area contributed by atoms with E-state index >= 15 is 0 Å². The average Bonchev–Trinajstić information content (AvgIpc) is 2.59. The van der Waals surface area contributed by atoms with E-state index in [4.69, 9.17) is 11.5 Å². The van der Waals surface area contributed by atoms with Gasteiger partial charge in [-0.2, -0.15) is 5.10 Å². The summed E-state index contributed by atoms with van der Waals surface area (Å²) in [6.45, 7) is 1.90. The van der Waals surface area contributed by atoms with E-state index in [2.05, 4.69) is 5.10 Å². The second-order valence-corrected chi connectivity index (χ2v) is 3.93. The topological polar surface area (TPSA) is 86.9 Å². The molecular weight excluding hydrogens is 204 g/mol. The number of primary amides is 1. The predicted octanol–water partition coefficient (Wildman–Crippen LogP) is 1.05. The number of nitrogen functional groups attached to an aromatic ring is 1. The van der Waals surface area contributed by atoms with Crippen LogP contribution in [0.5, 0.6) is 0 Å². The second kappa shape index (κ2) is 3.84. The lowest BCUT2D eigenvalue weighted by Gasteiger charge is -2.11. The second-order valence-electron chi connectivity index (χ2n) is 3.93. The molecule has 0 radical (unpaired) electrons. The highest BCUT2D eigenvalue weighted by atomic mass is 16.1. The van der Waals surface area contributed by atoms with Gasteiger partial charge in [0.25, 0.3) is 0 Å². The van der Waals surface area contributed by atoms with Gasteiger partial charge in [0.15, 0.2) is 0 Å². The maximum Gasteiger partial charge on any atom is 0.219 e. The molecule has 1 unspecified atom stereocenters. The molecular formula is C11H14N4O. The van der Waals surface area contributed by atoms with E-state index in [1.807, 2.05) is 25.1 Å². The molecule has 84 valence electrons. The van der Waals surface area contributed by atoms with Crippen molar-refractivity contribution in [2.45, 2.75) is 19.4 Å². The van der Waals surface area contributed by atoms with E-state index in [-0.39, 0.29) is 18.4 Å². The lowest BCUT2D eigenvalue weighted by Crippen LogP contribution is -2.18. The Labute approximate surface area is 93.0 Å². The first-order valence-electron chi connectivity index (χ1n) is 5.09. The zero-order valence-electron chi connectivity index (χ0n) is 9.05. The van der Waals surface area contributed by atoms with Crippen LogP contribution in [0.4, 0.5) is 5.69 Å². The maximum absolute atomic E-state index is 10.9. The molecule has 5 nitrogen and oxygen atoms in total. The number of carbonyl (C=O) groups is 1. The van der Waals surface area contributed by atoms with E-state index in [1.54, 1.807) is 10.9 Å². The molecule has 0 saturated carbocycles. The van der Waals surface area contributed by atoms with Crippen LogP contribution < -0.4 is 11.5 Å². The fourth-order valence-corrected chi connectivity index (χ4v) is 1.78. The summed E-state index contributed by atoms with van der Waals surface area (Å²) in [5.74, 6) is -0.333. The van der Waals surface area contributed by atoms with E-state index < -0.39 is 0 Å². The fraction of sp³-hybridized carbons (Fsp3) is 0.273. The summed E-state index contributed by atoms with van der Waals surface area (Å²) in [5, 5.41) is 5.25. The third-order valence-electron chi connectivity index (χ3n) is 2.54. The van der Waals surface area contributed by atoms with Crippen LogP contribution in [0.15, 0.2) is 24.4 Å². The maximum atomic E-state index is 10.9. The van der Waals surface area contributed by atoms with Crippen LogP contribution in [-0.4, -0.2) is 15.7 Å². The van der Waals surface area contributed by atoms with Crippen molar-refractivity contribution in [3.8, 4) is 0 Å². The Morgan fingerprint density at radius 3 is 3.00 bits per heavy atom. The number of hydrogen-bond donors (Lipinski definition) is 2. The normalized spacial score (nSPS) is 12.8. The van der Waals surface area contributed by atoms with Crippen LogP contribution in [0.2, 0.25) is 0 Å². The van der Waals surface area contributed by atoms with Gasteiger partial charge in [-0.1, -0.05) is 0 Å². The zero-order valence-corrected chi connectivity index (χ0v) is 9.05. The molecule has 4 N–H and O–H groups in total. The molecule has 0 aliphatic heterocycles. The highest BCUT2D eigenvalue weighted by Crippen LogP contribution is 2.21. The molecule has 1 aromatic carbocycles.